The number of methoxy groups -OCH3 is 1. The number of amides is 2. The first kappa shape index (κ1) is 14.3. The number of anilines is 1. The van der Waals surface area contributed by atoms with Crippen molar-refractivity contribution in [1.82, 2.24) is 14.9 Å². The quantitative estimate of drug-likeness (QED) is 0.940. The van der Waals surface area contributed by atoms with E-state index in [0.717, 1.165) is 4.88 Å². The second kappa shape index (κ2) is 6.33. The number of hydrogen-bond donors (Lipinski definition) is 1. The summed E-state index contributed by atoms with van der Waals surface area (Å²) in [5, 5.41) is 2.73. The van der Waals surface area contributed by atoms with Crippen LogP contribution in [0.4, 0.5) is 10.5 Å². The molecule has 2 heterocycles. The minimum atomic E-state index is -0.232. The van der Waals surface area contributed by atoms with E-state index in [2.05, 4.69) is 15.3 Å². The number of aryl methyl sites for hydroxylation is 1. The summed E-state index contributed by atoms with van der Waals surface area (Å²) in [6.07, 6.45) is 2.87. The van der Waals surface area contributed by atoms with Crippen LogP contribution in [0.5, 0.6) is 5.88 Å². The molecular formula is C13H16N4O2S. The van der Waals surface area contributed by atoms with Crippen LogP contribution in [0.15, 0.2) is 24.7 Å². The van der Waals surface area contributed by atoms with E-state index < -0.39 is 0 Å². The zero-order chi connectivity index (χ0) is 14.5. The van der Waals surface area contributed by atoms with Crippen LogP contribution in [0.2, 0.25) is 0 Å². The van der Waals surface area contributed by atoms with E-state index in [1.807, 2.05) is 19.1 Å². The zero-order valence-electron chi connectivity index (χ0n) is 11.6. The fourth-order valence-electron chi connectivity index (χ4n) is 1.65. The van der Waals surface area contributed by atoms with Crippen LogP contribution in [-0.4, -0.2) is 35.1 Å². The highest BCUT2D eigenvalue weighted by atomic mass is 32.1. The number of urea groups is 1. The Labute approximate surface area is 121 Å². The van der Waals surface area contributed by atoms with Gasteiger partial charge in [-0.3, -0.25) is 0 Å². The number of aromatic nitrogens is 2. The van der Waals surface area contributed by atoms with Gasteiger partial charge in [0, 0.05) is 16.8 Å². The van der Waals surface area contributed by atoms with Gasteiger partial charge >= 0.3 is 6.03 Å². The average molecular weight is 292 g/mol. The van der Waals surface area contributed by atoms with Crippen LogP contribution in [0, 0.1) is 6.92 Å². The van der Waals surface area contributed by atoms with Gasteiger partial charge in [-0.2, -0.15) is 4.98 Å². The van der Waals surface area contributed by atoms with Gasteiger partial charge in [-0.15, -0.1) is 11.3 Å². The maximum Gasteiger partial charge on any atom is 0.322 e. The van der Waals surface area contributed by atoms with Crippen molar-refractivity contribution in [2.75, 3.05) is 19.5 Å². The number of carbonyl (C=O) groups excluding carboxylic acids is 1. The summed E-state index contributed by atoms with van der Waals surface area (Å²) in [7, 11) is 3.23. The first-order valence-electron chi connectivity index (χ1n) is 6.01. The molecular weight excluding hydrogens is 276 g/mol. The molecule has 1 N–H and O–H groups in total. The summed E-state index contributed by atoms with van der Waals surface area (Å²) < 4.78 is 5.07. The second-order valence-corrected chi connectivity index (χ2v) is 5.62. The van der Waals surface area contributed by atoms with Gasteiger partial charge in [0.15, 0.2) is 0 Å². The van der Waals surface area contributed by atoms with Gasteiger partial charge < -0.3 is 15.0 Å². The molecule has 0 aliphatic carbocycles. The maximum atomic E-state index is 12.1. The zero-order valence-corrected chi connectivity index (χ0v) is 12.4. The van der Waals surface area contributed by atoms with Gasteiger partial charge in [-0.25, -0.2) is 9.78 Å². The highest BCUT2D eigenvalue weighted by Crippen LogP contribution is 2.20. The van der Waals surface area contributed by atoms with Crippen LogP contribution >= 0.6 is 11.3 Å². The molecule has 0 saturated carbocycles. The molecule has 0 spiro atoms. The van der Waals surface area contributed by atoms with E-state index in [0.29, 0.717) is 18.1 Å². The van der Waals surface area contributed by atoms with Crippen molar-refractivity contribution in [3.05, 3.63) is 34.4 Å². The van der Waals surface area contributed by atoms with Crippen molar-refractivity contribution >= 4 is 23.1 Å². The molecule has 0 saturated heterocycles. The molecule has 2 amide bonds. The van der Waals surface area contributed by atoms with Crippen LogP contribution in [0.3, 0.4) is 0 Å². The summed E-state index contributed by atoms with van der Waals surface area (Å²) in [4.78, 5) is 23.9. The summed E-state index contributed by atoms with van der Waals surface area (Å²) in [5.74, 6) is 0.341. The molecule has 2 rings (SSSR count). The van der Waals surface area contributed by atoms with Crippen molar-refractivity contribution in [1.29, 1.82) is 0 Å². The molecule has 0 unspecified atom stereocenters. The second-order valence-electron chi connectivity index (χ2n) is 4.24. The molecule has 6 nitrogen and oxygen atoms in total. The Morgan fingerprint density at radius 1 is 1.50 bits per heavy atom. The maximum absolute atomic E-state index is 12.1. The first-order valence-corrected chi connectivity index (χ1v) is 6.83. The first-order chi connectivity index (χ1) is 9.60. The average Bonchev–Trinajstić information content (AvgIpc) is 2.84. The molecule has 2 aromatic heterocycles. The van der Waals surface area contributed by atoms with Gasteiger partial charge in [-0.05, 0) is 19.1 Å². The van der Waals surface area contributed by atoms with Crippen LogP contribution < -0.4 is 10.1 Å². The summed E-state index contributed by atoms with van der Waals surface area (Å²) in [6.45, 7) is 2.60. The van der Waals surface area contributed by atoms with Crippen molar-refractivity contribution in [3.8, 4) is 5.88 Å². The van der Waals surface area contributed by atoms with Gasteiger partial charge in [0.25, 0.3) is 0 Å². The third-order valence-electron chi connectivity index (χ3n) is 2.65. The molecule has 106 valence electrons. The predicted molar refractivity (Wildman–Crippen MR) is 78.1 cm³/mol. The smallest absolute Gasteiger partial charge is 0.322 e. The standard InChI is InChI=1S/C13H16N4O2S/c1-9-4-5-10(20-9)7-17(2)13(18)16-11-6-14-8-15-12(11)19-3/h4-6,8H,7H2,1-3H3,(H,16,18). The lowest BCUT2D eigenvalue weighted by molar-refractivity contribution is 0.221. The lowest BCUT2D eigenvalue weighted by Crippen LogP contribution is -2.30. The fourth-order valence-corrected chi connectivity index (χ4v) is 2.60. The van der Waals surface area contributed by atoms with E-state index in [9.17, 15) is 4.79 Å². The minimum Gasteiger partial charge on any atom is -0.479 e. The Hall–Kier alpha value is -2.15. The largest absolute Gasteiger partial charge is 0.479 e. The molecule has 20 heavy (non-hydrogen) atoms. The van der Waals surface area contributed by atoms with E-state index in [-0.39, 0.29) is 6.03 Å². The monoisotopic (exact) mass is 292 g/mol. The molecule has 7 heteroatoms. The number of carbonyl (C=O) groups is 1. The highest BCUT2D eigenvalue weighted by Gasteiger charge is 2.13. The molecule has 0 aromatic carbocycles. The predicted octanol–water partition coefficient (Wildman–Crippen LogP) is 2.52. The third kappa shape index (κ3) is 3.45. The molecule has 0 radical (unpaired) electrons. The Kier molecular flexibility index (Phi) is 4.52. The SMILES string of the molecule is COc1ncncc1NC(=O)N(C)Cc1ccc(C)s1. The summed E-state index contributed by atoms with van der Waals surface area (Å²) in [5.41, 5.74) is 0.453. The number of nitrogens with one attached hydrogen (secondary N) is 1. The van der Waals surface area contributed by atoms with Gasteiger partial charge in [0.2, 0.25) is 5.88 Å². The number of thiophene rings is 1. The van der Waals surface area contributed by atoms with Crippen LogP contribution in [0.1, 0.15) is 9.75 Å². The van der Waals surface area contributed by atoms with Crippen molar-refractivity contribution in [3.63, 3.8) is 0 Å². The van der Waals surface area contributed by atoms with Gasteiger partial charge in [0.1, 0.15) is 12.0 Å². The fraction of sp³-hybridized carbons (Fsp3) is 0.308. The third-order valence-corrected chi connectivity index (χ3v) is 3.63. The molecule has 0 aliphatic rings. The highest BCUT2D eigenvalue weighted by molar-refractivity contribution is 7.11. The number of ether oxygens (including phenoxy) is 1. The lowest BCUT2D eigenvalue weighted by Gasteiger charge is -2.17. The Morgan fingerprint density at radius 3 is 2.95 bits per heavy atom. The topological polar surface area (TPSA) is 67.4 Å². The summed E-state index contributed by atoms with van der Waals surface area (Å²) >= 11 is 1.68. The number of rotatable bonds is 4. The Balaban J connectivity index is 2.00. The van der Waals surface area contributed by atoms with Crippen molar-refractivity contribution < 1.29 is 9.53 Å². The Bertz CT molecular complexity index is 600. The van der Waals surface area contributed by atoms with Gasteiger partial charge in [-0.1, -0.05) is 0 Å². The molecule has 0 aliphatic heterocycles. The van der Waals surface area contributed by atoms with Crippen molar-refractivity contribution in [2.45, 2.75) is 13.5 Å². The van der Waals surface area contributed by atoms with Gasteiger partial charge in [0.05, 0.1) is 19.9 Å². The van der Waals surface area contributed by atoms with Crippen LogP contribution in [0.25, 0.3) is 0 Å². The van der Waals surface area contributed by atoms with E-state index in [1.54, 1.807) is 23.3 Å². The molecule has 0 fully saturated rings. The number of nitrogens with zero attached hydrogens (tertiary/aromatic N) is 3. The van der Waals surface area contributed by atoms with Crippen molar-refractivity contribution in [2.24, 2.45) is 0 Å². The summed E-state index contributed by atoms with van der Waals surface area (Å²) in [6, 6.07) is 3.83. The normalized spacial score (nSPS) is 10.2. The molecule has 0 atom stereocenters. The van der Waals surface area contributed by atoms with E-state index >= 15 is 0 Å². The molecule has 0 bridgehead atoms. The lowest BCUT2D eigenvalue weighted by atomic mass is 10.4. The van der Waals surface area contributed by atoms with E-state index in [4.69, 9.17) is 4.74 Å². The molecule has 2 aromatic rings. The van der Waals surface area contributed by atoms with E-state index in [1.165, 1.54) is 24.5 Å². The number of hydrogen-bond acceptors (Lipinski definition) is 5. The Morgan fingerprint density at radius 2 is 2.30 bits per heavy atom. The van der Waals surface area contributed by atoms with Crippen LogP contribution in [-0.2, 0) is 6.54 Å². The minimum absolute atomic E-state index is 0.232.